The highest BCUT2D eigenvalue weighted by Crippen LogP contribution is 2.26. The van der Waals surface area contributed by atoms with Crippen molar-refractivity contribution in [3.8, 4) is 5.75 Å². The third-order valence-corrected chi connectivity index (χ3v) is 6.14. The molecule has 0 spiro atoms. The first-order chi connectivity index (χ1) is 14.6. The maximum Gasteiger partial charge on any atom is 0.261 e. The van der Waals surface area contributed by atoms with E-state index in [4.69, 9.17) is 16.3 Å². The maximum atomic E-state index is 13.2. The number of amides is 2. The molecule has 31 heavy (non-hydrogen) atoms. The van der Waals surface area contributed by atoms with Crippen LogP contribution in [-0.2, 0) is 16.1 Å². The summed E-state index contributed by atoms with van der Waals surface area (Å²) in [5.74, 6) is 0.162. The van der Waals surface area contributed by atoms with Crippen molar-refractivity contribution in [2.75, 3.05) is 6.61 Å². The van der Waals surface area contributed by atoms with Gasteiger partial charge in [-0.1, -0.05) is 42.8 Å². The third kappa shape index (κ3) is 6.73. The van der Waals surface area contributed by atoms with E-state index in [0.29, 0.717) is 17.3 Å². The third-order valence-electron chi connectivity index (χ3n) is 5.54. The second-order valence-electron chi connectivity index (χ2n) is 8.10. The van der Waals surface area contributed by atoms with Gasteiger partial charge >= 0.3 is 0 Å². The highest BCUT2D eigenvalue weighted by Gasteiger charge is 2.27. The number of carbonyl (C=O) groups is 2. The lowest BCUT2D eigenvalue weighted by molar-refractivity contribution is -0.142. The fourth-order valence-corrected chi connectivity index (χ4v) is 3.35. The lowest BCUT2D eigenvalue weighted by atomic mass is 10.1. The lowest BCUT2D eigenvalue weighted by Crippen LogP contribution is -2.50. The first-order valence-corrected chi connectivity index (χ1v) is 11.1. The van der Waals surface area contributed by atoms with Crippen LogP contribution in [0.3, 0.4) is 0 Å². The zero-order valence-corrected chi connectivity index (χ0v) is 20.0. The molecule has 2 aromatic carbocycles. The van der Waals surface area contributed by atoms with Crippen LogP contribution in [0.4, 0.5) is 0 Å². The van der Waals surface area contributed by atoms with Gasteiger partial charge in [0.2, 0.25) is 5.91 Å². The lowest BCUT2D eigenvalue weighted by Gasteiger charge is -2.30. The minimum Gasteiger partial charge on any atom is -0.484 e. The van der Waals surface area contributed by atoms with Crippen molar-refractivity contribution in [2.45, 2.75) is 66.6 Å². The van der Waals surface area contributed by atoms with Gasteiger partial charge in [-0.15, -0.1) is 0 Å². The van der Waals surface area contributed by atoms with E-state index in [1.165, 1.54) is 0 Å². The summed E-state index contributed by atoms with van der Waals surface area (Å²) in [6.07, 6.45) is 0.822. The smallest absolute Gasteiger partial charge is 0.261 e. The van der Waals surface area contributed by atoms with E-state index in [1.807, 2.05) is 71.0 Å². The molecule has 1 N–H and O–H groups in total. The van der Waals surface area contributed by atoms with Crippen molar-refractivity contribution in [1.82, 2.24) is 10.2 Å². The highest BCUT2D eigenvalue weighted by atomic mass is 35.5. The van der Waals surface area contributed by atoms with Gasteiger partial charge < -0.3 is 15.0 Å². The zero-order valence-electron chi connectivity index (χ0n) is 19.3. The van der Waals surface area contributed by atoms with Crippen LogP contribution < -0.4 is 10.1 Å². The molecule has 0 aromatic heterocycles. The number of halogens is 1. The summed E-state index contributed by atoms with van der Waals surface area (Å²) in [5, 5.41) is 3.66. The number of rotatable bonds is 9. The van der Waals surface area contributed by atoms with E-state index in [1.54, 1.807) is 11.8 Å². The monoisotopic (exact) mass is 444 g/mol. The van der Waals surface area contributed by atoms with Gasteiger partial charge in [0, 0.05) is 17.6 Å². The standard InChI is InChI=1S/C25H33ClN2O3/c1-7-19(5)27-25(30)20(6)28(14-21-11-9-8-10-16(21)2)23(29)15-31-22-12-17(3)24(26)18(4)13-22/h8-13,19-20H,7,14-15H2,1-6H3,(H,27,30)/t19-,20+/m0/s1. The molecule has 0 radical (unpaired) electrons. The number of benzene rings is 2. The van der Waals surface area contributed by atoms with Gasteiger partial charge in [-0.25, -0.2) is 0 Å². The predicted octanol–water partition coefficient (Wildman–Crippen LogP) is 4.98. The van der Waals surface area contributed by atoms with Crippen LogP contribution in [-0.4, -0.2) is 35.4 Å². The van der Waals surface area contributed by atoms with Crippen molar-refractivity contribution in [3.63, 3.8) is 0 Å². The molecular formula is C25H33ClN2O3. The normalized spacial score (nSPS) is 12.7. The number of aryl methyl sites for hydroxylation is 3. The van der Waals surface area contributed by atoms with Crippen LogP contribution in [0.2, 0.25) is 5.02 Å². The molecule has 0 heterocycles. The molecule has 2 amide bonds. The van der Waals surface area contributed by atoms with Gasteiger partial charge in [0.05, 0.1) is 0 Å². The first kappa shape index (κ1) is 24.7. The summed E-state index contributed by atoms with van der Waals surface area (Å²) in [5.41, 5.74) is 3.85. The topological polar surface area (TPSA) is 58.6 Å². The number of hydrogen-bond acceptors (Lipinski definition) is 3. The largest absolute Gasteiger partial charge is 0.484 e. The summed E-state index contributed by atoms with van der Waals surface area (Å²) in [6.45, 7) is 11.7. The molecule has 0 aliphatic heterocycles. The molecule has 5 nitrogen and oxygen atoms in total. The van der Waals surface area contributed by atoms with E-state index in [-0.39, 0.29) is 24.5 Å². The molecule has 0 saturated carbocycles. The van der Waals surface area contributed by atoms with E-state index in [0.717, 1.165) is 28.7 Å². The second kappa shape index (κ2) is 11.2. The Morgan fingerprint density at radius 2 is 1.68 bits per heavy atom. The quantitative estimate of drug-likeness (QED) is 0.593. The fraction of sp³-hybridized carbons (Fsp3) is 0.440. The maximum absolute atomic E-state index is 13.2. The highest BCUT2D eigenvalue weighted by molar-refractivity contribution is 6.32. The van der Waals surface area contributed by atoms with Crippen molar-refractivity contribution < 1.29 is 14.3 Å². The molecule has 0 unspecified atom stereocenters. The molecule has 2 rings (SSSR count). The molecule has 2 atom stereocenters. The van der Waals surface area contributed by atoms with E-state index in [2.05, 4.69) is 5.32 Å². The van der Waals surface area contributed by atoms with Crippen LogP contribution in [0.1, 0.15) is 49.4 Å². The van der Waals surface area contributed by atoms with Crippen molar-refractivity contribution >= 4 is 23.4 Å². The second-order valence-corrected chi connectivity index (χ2v) is 8.48. The van der Waals surface area contributed by atoms with Gasteiger partial charge in [0.25, 0.3) is 5.91 Å². The number of hydrogen-bond donors (Lipinski definition) is 1. The van der Waals surface area contributed by atoms with Gasteiger partial charge in [0.1, 0.15) is 11.8 Å². The van der Waals surface area contributed by atoms with Crippen LogP contribution in [0.15, 0.2) is 36.4 Å². The average Bonchev–Trinajstić information content (AvgIpc) is 2.74. The van der Waals surface area contributed by atoms with Crippen molar-refractivity contribution in [2.24, 2.45) is 0 Å². The van der Waals surface area contributed by atoms with E-state index >= 15 is 0 Å². The van der Waals surface area contributed by atoms with Gasteiger partial charge in [-0.3, -0.25) is 9.59 Å². The molecule has 0 aliphatic rings. The van der Waals surface area contributed by atoms with Crippen LogP contribution in [0.25, 0.3) is 0 Å². The predicted molar refractivity (Wildman–Crippen MR) is 126 cm³/mol. The Hall–Kier alpha value is -2.53. The Balaban J connectivity index is 2.21. The molecule has 0 saturated heterocycles. The summed E-state index contributed by atoms with van der Waals surface area (Å²) in [7, 11) is 0. The fourth-order valence-electron chi connectivity index (χ4n) is 3.24. The van der Waals surface area contributed by atoms with Crippen molar-refractivity contribution in [1.29, 1.82) is 0 Å². The Labute approximate surface area is 190 Å². The first-order valence-electron chi connectivity index (χ1n) is 10.7. The SMILES string of the molecule is CC[C@H](C)NC(=O)[C@@H](C)N(Cc1ccccc1C)C(=O)COc1cc(C)c(Cl)c(C)c1. The number of nitrogens with zero attached hydrogens (tertiary/aromatic N) is 1. The minimum atomic E-state index is -0.626. The van der Waals surface area contributed by atoms with Crippen molar-refractivity contribution in [3.05, 3.63) is 63.7 Å². The summed E-state index contributed by atoms with van der Waals surface area (Å²) >= 11 is 6.22. The number of carbonyl (C=O) groups excluding carboxylic acids is 2. The Morgan fingerprint density at radius 1 is 1.06 bits per heavy atom. The van der Waals surface area contributed by atoms with Gasteiger partial charge in [-0.05, 0) is 75.4 Å². The number of ether oxygens (including phenoxy) is 1. The molecule has 6 heteroatoms. The Bertz CT molecular complexity index is 906. The zero-order chi connectivity index (χ0) is 23.1. The van der Waals surface area contributed by atoms with Gasteiger partial charge in [-0.2, -0.15) is 0 Å². The molecule has 0 aliphatic carbocycles. The summed E-state index contributed by atoms with van der Waals surface area (Å²) in [6, 6.07) is 10.9. The molecule has 0 bridgehead atoms. The number of nitrogens with one attached hydrogen (secondary N) is 1. The summed E-state index contributed by atoms with van der Waals surface area (Å²) in [4.78, 5) is 27.5. The average molecular weight is 445 g/mol. The van der Waals surface area contributed by atoms with Crippen LogP contribution >= 0.6 is 11.6 Å². The Morgan fingerprint density at radius 3 is 2.26 bits per heavy atom. The minimum absolute atomic E-state index is 0.0432. The summed E-state index contributed by atoms with van der Waals surface area (Å²) < 4.78 is 5.78. The molecule has 0 fully saturated rings. The van der Waals surface area contributed by atoms with E-state index in [9.17, 15) is 9.59 Å². The van der Waals surface area contributed by atoms with E-state index < -0.39 is 6.04 Å². The molecular weight excluding hydrogens is 412 g/mol. The van der Waals surface area contributed by atoms with Gasteiger partial charge in [0.15, 0.2) is 6.61 Å². The van der Waals surface area contributed by atoms with Crippen LogP contribution in [0.5, 0.6) is 5.75 Å². The Kier molecular flexibility index (Phi) is 8.93. The molecule has 2 aromatic rings. The van der Waals surface area contributed by atoms with Crippen LogP contribution in [0, 0.1) is 20.8 Å². The molecule has 168 valence electrons.